The number of allylic oxidation sites excluding steroid dienone is 1. The molecule has 3 aliphatic rings. The lowest BCUT2D eigenvalue weighted by Gasteiger charge is -2.38. The highest BCUT2D eigenvalue weighted by atomic mass is 14.7. The molecule has 0 nitrogen and oxygen atoms in total. The summed E-state index contributed by atoms with van der Waals surface area (Å²) < 4.78 is 0. The van der Waals surface area contributed by atoms with E-state index in [0.717, 1.165) is 17.8 Å². The molecule has 4 unspecified atom stereocenters. The predicted molar refractivity (Wildman–Crippen MR) is 64.6 cm³/mol. The second-order valence-corrected chi connectivity index (χ2v) is 7.14. The van der Waals surface area contributed by atoms with Gasteiger partial charge in [0.05, 0.1) is 0 Å². The fourth-order valence-electron chi connectivity index (χ4n) is 5.38. The van der Waals surface area contributed by atoms with Crippen molar-refractivity contribution in [3.8, 4) is 0 Å². The standard InChI is InChI=1S/C15H24/c1-10-11-6-7-12-13(10)14(2,3)8-5-9-15(11,12)4/h11-13H,1,5-9H2,2-4H3. The first-order chi connectivity index (χ1) is 6.97. The third-order valence-corrected chi connectivity index (χ3v) is 6.04. The van der Waals surface area contributed by atoms with Gasteiger partial charge in [-0.3, -0.25) is 0 Å². The first kappa shape index (κ1) is 9.93. The molecule has 4 atom stereocenters. The second-order valence-electron chi connectivity index (χ2n) is 7.14. The van der Waals surface area contributed by atoms with Gasteiger partial charge in [0.2, 0.25) is 0 Å². The number of rotatable bonds is 0. The van der Waals surface area contributed by atoms with Crippen LogP contribution in [-0.2, 0) is 0 Å². The van der Waals surface area contributed by atoms with E-state index in [9.17, 15) is 0 Å². The first-order valence-corrected chi connectivity index (χ1v) is 6.65. The van der Waals surface area contributed by atoms with Gasteiger partial charge in [0, 0.05) is 0 Å². The quantitative estimate of drug-likeness (QED) is 0.513. The van der Waals surface area contributed by atoms with E-state index in [1.54, 1.807) is 5.57 Å². The molecule has 3 saturated carbocycles. The molecular weight excluding hydrogens is 180 g/mol. The van der Waals surface area contributed by atoms with Gasteiger partial charge in [-0.25, -0.2) is 0 Å². The summed E-state index contributed by atoms with van der Waals surface area (Å²) in [6, 6.07) is 0. The maximum absolute atomic E-state index is 4.46. The molecular formula is C15H24. The number of hydrogen-bond donors (Lipinski definition) is 0. The molecule has 15 heavy (non-hydrogen) atoms. The lowest BCUT2D eigenvalue weighted by molar-refractivity contribution is 0.153. The molecule has 0 heteroatoms. The van der Waals surface area contributed by atoms with Crippen molar-refractivity contribution < 1.29 is 0 Å². The van der Waals surface area contributed by atoms with Gasteiger partial charge in [0.1, 0.15) is 0 Å². The maximum Gasteiger partial charge on any atom is -0.0118 e. The van der Waals surface area contributed by atoms with Crippen molar-refractivity contribution in [2.24, 2.45) is 28.6 Å². The summed E-state index contributed by atoms with van der Waals surface area (Å²) in [5.74, 6) is 2.67. The summed E-state index contributed by atoms with van der Waals surface area (Å²) in [6.45, 7) is 12.0. The molecule has 84 valence electrons. The Balaban J connectivity index is 2.10. The average Bonchev–Trinajstić information content (AvgIpc) is 2.50. The van der Waals surface area contributed by atoms with Gasteiger partial charge in [-0.05, 0) is 54.3 Å². The van der Waals surface area contributed by atoms with Gasteiger partial charge in [-0.15, -0.1) is 0 Å². The van der Waals surface area contributed by atoms with Crippen LogP contribution in [0.1, 0.15) is 52.9 Å². The fourth-order valence-corrected chi connectivity index (χ4v) is 5.38. The third kappa shape index (κ3) is 1.04. The lowest BCUT2D eigenvalue weighted by atomic mass is 9.67. The molecule has 0 aromatic carbocycles. The van der Waals surface area contributed by atoms with Crippen LogP contribution in [0.15, 0.2) is 12.2 Å². The minimum absolute atomic E-state index is 0.522. The normalized spacial score (nSPS) is 51.9. The molecule has 0 aromatic heterocycles. The van der Waals surface area contributed by atoms with E-state index >= 15 is 0 Å². The predicted octanol–water partition coefficient (Wildman–Crippen LogP) is 4.42. The minimum Gasteiger partial charge on any atom is -0.0992 e. The largest absolute Gasteiger partial charge is 0.0992 e. The molecule has 3 fully saturated rings. The summed E-state index contributed by atoms with van der Waals surface area (Å²) in [4.78, 5) is 0. The fraction of sp³-hybridized carbons (Fsp3) is 0.867. The highest BCUT2D eigenvalue weighted by Crippen LogP contribution is 2.70. The Hall–Kier alpha value is -0.260. The van der Waals surface area contributed by atoms with Gasteiger partial charge < -0.3 is 0 Å². The van der Waals surface area contributed by atoms with Gasteiger partial charge in [-0.2, -0.15) is 0 Å². The van der Waals surface area contributed by atoms with Gasteiger partial charge >= 0.3 is 0 Å². The van der Waals surface area contributed by atoms with Crippen molar-refractivity contribution in [2.75, 3.05) is 0 Å². The Labute approximate surface area is 94.1 Å². The molecule has 0 spiro atoms. The zero-order valence-corrected chi connectivity index (χ0v) is 10.5. The minimum atomic E-state index is 0.522. The molecule has 0 heterocycles. The van der Waals surface area contributed by atoms with Crippen LogP contribution < -0.4 is 0 Å². The van der Waals surface area contributed by atoms with Crippen molar-refractivity contribution in [3.05, 3.63) is 12.2 Å². The lowest BCUT2D eigenvalue weighted by Crippen LogP contribution is -2.29. The van der Waals surface area contributed by atoms with E-state index < -0.39 is 0 Å². The highest BCUT2D eigenvalue weighted by molar-refractivity contribution is 5.28. The van der Waals surface area contributed by atoms with E-state index in [-0.39, 0.29) is 0 Å². The SMILES string of the molecule is C=C1C2C3CCC1C3(C)CCCC2(C)C. The molecule has 3 aliphatic carbocycles. The number of hydrogen-bond acceptors (Lipinski definition) is 0. The molecule has 0 aliphatic heterocycles. The smallest absolute Gasteiger partial charge is 0.0118 e. The van der Waals surface area contributed by atoms with Gasteiger partial charge in [0.15, 0.2) is 0 Å². The highest BCUT2D eigenvalue weighted by Gasteiger charge is 2.61. The molecule has 3 rings (SSSR count). The van der Waals surface area contributed by atoms with Crippen LogP contribution in [0.4, 0.5) is 0 Å². The zero-order valence-electron chi connectivity index (χ0n) is 10.5. The summed E-state index contributed by atoms with van der Waals surface area (Å²) in [5, 5.41) is 0. The molecule has 0 N–H and O–H groups in total. The second kappa shape index (κ2) is 2.70. The Kier molecular flexibility index (Phi) is 1.79. The maximum atomic E-state index is 4.46. The molecule has 0 aromatic rings. The van der Waals surface area contributed by atoms with Crippen LogP contribution in [0, 0.1) is 28.6 Å². The van der Waals surface area contributed by atoms with Gasteiger partial charge in [-0.1, -0.05) is 39.3 Å². The Morgan fingerprint density at radius 1 is 1.13 bits per heavy atom. The monoisotopic (exact) mass is 204 g/mol. The van der Waals surface area contributed by atoms with Crippen molar-refractivity contribution in [3.63, 3.8) is 0 Å². The first-order valence-electron chi connectivity index (χ1n) is 6.65. The van der Waals surface area contributed by atoms with E-state index in [4.69, 9.17) is 0 Å². The van der Waals surface area contributed by atoms with Crippen molar-refractivity contribution in [2.45, 2.75) is 52.9 Å². The Morgan fingerprint density at radius 3 is 2.60 bits per heavy atom. The topological polar surface area (TPSA) is 0 Å². The van der Waals surface area contributed by atoms with Crippen molar-refractivity contribution in [1.82, 2.24) is 0 Å². The van der Waals surface area contributed by atoms with E-state index in [2.05, 4.69) is 27.4 Å². The average molecular weight is 204 g/mol. The summed E-state index contributed by atoms with van der Waals surface area (Å²) >= 11 is 0. The molecule has 4 bridgehead atoms. The van der Waals surface area contributed by atoms with Crippen LogP contribution in [0.5, 0.6) is 0 Å². The van der Waals surface area contributed by atoms with Crippen LogP contribution >= 0.6 is 0 Å². The summed E-state index contributed by atoms with van der Waals surface area (Å²) in [6.07, 6.45) is 7.23. The van der Waals surface area contributed by atoms with E-state index in [0.29, 0.717) is 10.8 Å². The van der Waals surface area contributed by atoms with Gasteiger partial charge in [0.25, 0.3) is 0 Å². The van der Waals surface area contributed by atoms with Crippen LogP contribution in [-0.4, -0.2) is 0 Å². The third-order valence-electron chi connectivity index (χ3n) is 6.04. The van der Waals surface area contributed by atoms with Crippen molar-refractivity contribution >= 4 is 0 Å². The van der Waals surface area contributed by atoms with Crippen LogP contribution in [0.2, 0.25) is 0 Å². The zero-order chi connectivity index (χ0) is 10.8. The molecule has 0 saturated heterocycles. The van der Waals surface area contributed by atoms with Crippen LogP contribution in [0.3, 0.4) is 0 Å². The van der Waals surface area contributed by atoms with Crippen molar-refractivity contribution in [1.29, 1.82) is 0 Å². The Bertz CT molecular complexity index is 312. The van der Waals surface area contributed by atoms with E-state index in [1.165, 1.54) is 32.1 Å². The van der Waals surface area contributed by atoms with Crippen LogP contribution in [0.25, 0.3) is 0 Å². The summed E-state index contributed by atoms with van der Waals surface area (Å²) in [5.41, 5.74) is 2.78. The Morgan fingerprint density at radius 2 is 1.87 bits per heavy atom. The van der Waals surface area contributed by atoms with E-state index in [1.807, 2.05) is 0 Å². The molecule has 0 amide bonds. The molecule has 0 radical (unpaired) electrons. The summed E-state index contributed by atoms with van der Waals surface area (Å²) in [7, 11) is 0.